The zero-order valence-corrected chi connectivity index (χ0v) is 11.6. The Morgan fingerprint density at radius 2 is 2.16 bits per heavy atom. The van der Waals surface area contributed by atoms with Crippen LogP contribution in [0, 0.1) is 5.92 Å². The second kappa shape index (κ2) is 5.21. The van der Waals surface area contributed by atoms with Gasteiger partial charge in [0.15, 0.2) is 0 Å². The van der Waals surface area contributed by atoms with Crippen molar-refractivity contribution in [3.05, 3.63) is 24.0 Å². The SMILES string of the molecule is COc1ccc2nc(CN3CCC(C)CC3)[nH]c2c1. The summed E-state index contributed by atoms with van der Waals surface area (Å²) in [6.07, 6.45) is 2.60. The summed E-state index contributed by atoms with van der Waals surface area (Å²) in [5.74, 6) is 2.79. The average Bonchev–Trinajstić information content (AvgIpc) is 2.82. The summed E-state index contributed by atoms with van der Waals surface area (Å²) in [7, 11) is 1.69. The Morgan fingerprint density at radius 3 is 2.89 bits per heavy atom. The molecule has 1 saturated heterocycles. The predicted molar refractivity (Wildman–Crippen MR) is 76.3 cm³/mol. The third-order valence-electron chi connectivity index (χ3n) is 3.99. The van der Waals surface area contributed by atoms with E-state index < -0.39 is 0 Å². The van der Waals surface area contributed by atoms with Gasteiger partial charge in [0.1, 0.15) is 11.6 Å². The second-order valence-corrected chi connectivity index (χ2v) is 5.53. The van der Waals surface area contributed by atoms with E-state index in [1.807, 2.05) is 18.2 Å². The zero-order valence-electron chi connectivity index (χ0n) is 11.6. The van der Waals surface area contributed by atoms with Crippen molar-refractivity contribution >= 4 is 11.0 Å². The summed E-state index contributed by atoms with van der Waals surface area (Å²) in [6, 6.07) is 5.96. The first-order valence-corrected chi connectivity index (χ1v) is 6.99. The van der Waals surface area contributed by atoms with Gasteiger partial charge in [-0.3, -0.25) is 4.90 Å². The van der Waals surface area contributed by atoms with Crippen LogP contribution in [0.1, 0.15) is 25.6 Å². The summed E-state index contributed by atoms with van der Waals surface area (Å²) >= 11 is 0. The van der Waals surface area contributed by atoms with Gasteiger partial charge < -0.3 is 9.72 Å². The van der Waals surface area contributed by atoms with Crippen LogP contribution in [-0.2, 0) is 6.54 Å². The lowest BCUT2D eigenvalue weighted by molar-refractivity contribution is 0.182. The number of hydrogen-bond acceptors (Lipinski definition) is 3. The van der Waals surface area contributed by atoms with Crippen LogP contribution < -0.4 is 4.74 Å². The fraction of sp³-hybridized carbons (Fsp3) is 0.533. The van der Waals surface area contributed by atoms with Crippen LogP contribution in [0.4, 0.5) is 0 Å². The number of likely N-dealkylation sites (tertiary alicyclic amines) is 1. The summed E-state index contributed by atoms with van der Waals surface area (Å²) in [5, 5.41) is 0. The molecule has 0 aliphatic carbocycles. The number of imidazole rings is 1. The number of benzene rings is 1. The minimum Gasteiger partial charge on any atom is -0.497 e. The fourth-order valence-corrected chi connectivity index (χ4v) is 2.68. The molecular formula is C15H21N3O. The summed E-state index contributed by atoms with van der Waals surface area (Å²) in [5.41, 5.74) is 2.07. The van der Waals surface area contributed by atoms with Crippen LogP contribution in [0.2, 0.25) is 0 Å². The van der Waals surface area contributed by atoms with E-state index in [1.54, 1.807) is 7.11 Å². The lowest BCUT2D eigenvalue weighted by atomic mass is 9.99. The molecule has 3 rings (SSSR count). The maximum absolute atomic E-state index is 5.24. The molecule has 19 heavy (non-hydrogen) atoms. The third kappa shape index (κ3) is 2.73. The van der Waals surface area contributed by atoms with E-state index in [0.717, 1.165) is 35.1 Å². The van der Waals surface area contributed by atoms with Crippen LogP contribution in [0.25, 0.3) is 11.0 Å². The van der Waals surface area contributed by atoms with Gasteiger partial charge in [0, 0.05) is 6.07 Å². The number of hydrogen-bond donors (Lipinski definition) is 1. The molecule has 2 aromatic rings. The normalized spacial score (nSPS) is 18.0. The Kier molecular flexibility index (Phi) is 3.42. The molecule has 1 fully saturated rings. The van der Waals surface area contributed by atoms with Crippen molar-refractivity contribution in [2.75, 3.05) is 20.2 Å². The number of aromatic amines is 1. The third-order valence-corrected chi connectivity index (χ3v) is 3.99. The fourth-order valence-electron chi connectivity index (χ4n) is 2.68. The number of H-pyrrole nitrogens is 1. The van der Waals surface area contributed by atoms with E-state index in [2.05, 4.69) is 21.8 Å². The average molecular weight is 259 g/mol. The molecule has 4 nitrogen and oxygen atoms in total. The van der Waals surface area contributed by atoms with Gasteiger partial charge in [-0.2, -0.15) is 0 Å². The number of methoxy groups -OCH3 is 1. The van der Waals surface area contributed by atoms with Crippen molar-refractivity contribution in [2.45, 2.75) is 26.3 Å². The Bertz CT molecular complexity index is 556. The molecular weight excluding hydrogens is 238 g/mol. The number of rotatable bonds is 3. The maximum Gasteiger partial charge on any atom is 0.121 e. The van der Waals surface area contributed by atoms with Crippen molar-refractivity contribution in [2.24, 2.45) is 5.92 Å². The first-order chi connectivity index (χ1) is 9.24. The van der Waals surface area contributed by atoms with Crippen molar-refractivity contribution in [1.29, 1.82) is 0 Å². The highest BCUT2D eigenvalue weighted by molar-refractivity contribution is 5.76. The molecule has 102 valence electrons. The Hall–Kier alpha value is -1.55. The molecule has 2 heterocycles. The van der Waals surface area contributed by atoms with Crippen LogP contribution in [0.15, 0.2) is 18.2 Å². The molecule has 0 amide bonds. The molecule has 1 aliphatic heterocycles. The van der Waals surface area contributed by atoms with Crippen molar-refractivity contribution < 1.29 is 4.74 Å². The molecule has 1 aromatic heterocycles. The van der Waals surface area contributed by atoms with E-state index >= 15 is 0 Å². The van der Waals surface area contributed by atoms with E-state index in [1.165, 1.54) is 25.9 Å². The van der Waals surface area contributed by atoms with Crippen LogP contribution in [0.3, 0.4) is 0 Å². The van der Waals surface area contributed by atoms with Crippen molar-refractivity contribution in [3.63, 3.8) is 0 Å². The largest absolute Gasteiger partial charge is 0.497 e. The van der Waals surface area contributed by atoms with Gasteiger partial charge in [-0.1, -0.05) is 6.92 Å². The molecule has 0 saturated carbocycles. The van der Waals surface area contributed by atoms with Crippen molar-refractivity contribution in [3.8, 4) is 5.75 Å². The molecule has 0 unspecified atom stereocenters. The van der Waals surface area contributed by atoms with Crippen LogP contribution >= 0.6 is 0 Å². The Morgan fingerprint density at radius 1 is 1.37 bits per heavy atom. The molecule has 1 aromatic carbocycles. The number of nitrogens with zero attached hydrogens (tertiary/aromatic N) is 2. The minimum absolute atomic E-state index is 0.870. The van der Waals surface area contributed by atoms with Gasteiger partial charge in [-0.05, 0) is 44.0 Å². The Balaban J connectivity index is 1.74. The minimum atomic E-state index is 0.870. The first kappa shape index (κ1) is 12.5. The van der Waals surface area contributed by atoms with Crippen LogP contribution in [-0.4, -0.2) is 35.1 Å². The van der Waals surface area contributed by atoms with Gasteiger partial charge >= 0.3 is 0 Å². The highest BCUT2D eigenvalue weighted by atomic mass is 16.5. The smallest absolute Gasteiger partial charge is 0.121 e. The lowest BCUT2D eigenvalue weighted by Crippen LogP contribution is -2.32. The van der Waals surface area contributed by atoms with E-state index in [-0.39, 0.29) is 0 Å². The zero-order chi connectivity index (χ0) is 13.2. The lowest BCUT2D eigenvalue weighted by Gasteiger charge is -2.29. The Labute approximate surface area is 113 Å². The molecule has 0 radical (unpaired) electrons. The van der Waals surface area contributed by atoms with Gasteiger partial charge in [0.2, 0.25) is 0 Å². The summed E-state index contributed by atoms with van der Waals surface area (Å²) in [4.78, 5) is 10.5. The summed E-state index contributed by atoms with van der Waals surface area (Å²) < 4.78 is 5.24. The number of fused-ring (bicyclic) bond motifs is 1. The van der Waals surface area contributed by atoms with Gasteiger partial charge in [-0.15, -0.1) is 0 Å². The predicted octanol–water partition coefficient (Wildman–Crippen LogP) is 2.80. The van der Waals surface area contributed by atoms with Gasteiger partial charge in [0.25, 0.3) is 0 Å². The highest BCUT2D eigenvalue weighted by Crippen LogP contribution is 2.21. The molecule has 0 atom stereocenters. The van der Waals surface area contributed by atoms with E-state index in [4.69, 9.17) is 4.74 Å². The van der Waals surface area contributed by atoms with Gasteiger partial charge in [-0.25, -0.2) is 4.98 Å². The molecule has 1 N–H and O–H groups in total. The quantitative estimate of drug-likeness (QED) is 0.921. The van der Waals surface area contributed by atoms with Crippen molar-refractivity contribution in [1.82, 2.24) is 14.9 Å². The molecule has 0 bridgehead atoms. The van der Waals surface area contributed by atoms with E-state index in [9.17, 15) is 0 Å². The number of nitrogens with one attached hydrogen (secondary N) is 1. The second-order valence-electron chi connectivity index (χ2n) is 5.53. The topological polar surface area (TPSA) is 41.1 Å². The van der Waals surface area contributed by atoms with Gasteiger partial charge in [0.05, 0.1) is 24.7 Å². The standard InChI is InChI=1S/C15H21N3O/c1-11-5-7-18(8-6-11)10-15-16-13-4-3-12(19-2)9-14(13)17-15/h3-4,9,11H,5-8,10H2,1-2H3,(H,16,17). The molecule has 0 spiro atoms. The number of aromatic nitrogens is 2. The molecule has 4 heteroatoms. The molecule has 1 aliphatic rings. The summed E-state index contributed by atoms with van der Waals surface area (Å²) in [6.45, 7) is 5.62. The first-order valence-electron chi connectivity index (χ1n) is 6.99. The number of piperidine rings is 1. The monoisotopic (exact) mass is 259 g/mol. The maximum atomic E-state index is 5.24. The van der Waals surface area contributed by atoms with E-state index in [0.29, 0.717) is 0 Å². The highest BCUT2D eigenvalue weighted by Gasteiger charge is 2.16. The number of ether oxygens (including phenoxy) is 1. The van der Waals surface area contributed by atoms with Crippen LogP contribution in [0.5, 0.6) is 5.75 Å².